The van der Waals surface area contributed by atoms with Gasteiger partial charge in [-0.3, -0.25) is 0 Å². The summed E-state index contributed by atoms with van der Waals surface area (Å²) in [5.41, 5.74) is 4.25. The van der Waals surface area contributed by atoms with E-state index in [1.165, 1.54) is 56.1 Å². The van der Waals surface area contributed by atoms with Crippen LogP contribution in [-0.2, 0) is 0 Å². The zero-order valence-electron chi connectivity index (χ0n) is 11.2. The molecule has 1 nitrogen and oxygen atoms in total. The minimum absolute atomic E-state index is 0.507. The number of quaternary nitrogens is 1. The van der Waals surface area contributed by atoms with Gasteiger partial charge in [-0.05, 0) is 38.2 Å². The molecule has 0 radical (unpaired) electrons. The minimum atomic E-state index is 0.507. The van der Waals surface area contributed by atoms with E-state index in [0.29, 0.717) is 5.54 Å². The van der Waals surface area contributed by atoms with Gasteiger partial charge < -0.3 is 4.48 Å². The topological polar surface area (TPSA) is 0 Å². The molecule has 0 bridgehead atoms. The van der Waals surface area contributed by atoms with Crippen molar-refractivity contribution in [2.24, 2.45) is 5.92 Å². The lowest BCUT2D eigenvalue weighted by atomic mass is 9.73. The molecule has 0 amide bonds. The van der Waals surface area contributed by atoms with Gasteiger partial charge in [0.1, 0.15) is 5.54 Å². The molecule has 3 rings (SSSR count). The molecule has 0 unspecified atom stereocenters. The van der Waals surface area contributed by atoms with Crippen LogP contribution in [0.25, 0.3) is 0 Å². The standard InChI is InChI=1S/C15H26N/c1-12-10-15(2)14-7-5-4-6-13(14)8-9-16(15,3)11-12/h12H,4-11H2,1-3H3/q+1/t12-,15+,16-/m1/s1. The summed E-state index contributed by atoms with van der Waals surface area (Å²) in [5, 5.41) is 0. The molecule has 3 atom stereocenters. The van der Waals surface area contributed by atoms with Gasteiger partial charge in [0, 0.05) is 18.8 Å². The Labute approximate surface area is 100 Å². The second-order valence-electron chi connectivity index (χ2n) is 6.92. The van der Waals surface area contributed by atoms with Gasteiger partial charge in [-0.15, -0.1) is 0 Å². The fraction of sp³-hybridized carbons (Fsp3) is 0.867. The molecule has 0 saturated carbocycles. The molecule has 0 N–H and O–H groups in total. The summed E-state index contributed by atoms with van der Waals surface area (Å²) in [6.45, 7) is 7.83. The summed E-state index contributed by atoms with van der Waals surface area (Å²) in [6.07, 6.45) is 8.55. The molecule has 0 aromatic rings. The van der Waals surface area contributed by atoms with Crippen LogP contribution in [-0.4, -0.2) is 30.2 Å². The summed E-state index contributed by atoms with van der Waals surface area (Å²) in [4.78, 5) is 0. The third-order valence-corrected chi connectivity index (χ3v) is 5.79. The summed E-state index contributed by atoms with van der Waals surface area (Å²) in [7, 11) is 2.52. The minimum Gasteiger partial charge on any atom is -0.317 e. The van der Waals surface area contributed by atoms with Crippen molar-refractivity contribution in [2.75, 3.05) is 20.1 Å². The van der Waals surface area contributed by atoms with Crippen molar-refractivity contribution in [2.45, 2.75) is 57.9 Å². The van der Waals surface area contributed by atoms with Crippen molar-refractivity contribution < 1.29 is 4.48 Å². The molecule has 1 saturated heterocycles. The summed E-state index contributed by atoms with van der Waals surface area (Å²) in [6, 6.07) is 0. The smallest absolute Gasteiger partial charge is 0.118 e. The quantitative estimate of drug-likeness (QED) is 0.433. The van der Waals surface area contributed by atoms with Crippen LogP contribution in [0.3, 0.4) is 0 Å². The van der Waals surface area contributed by atoms with Crippen LogP contribution in [0, 0.1) is 5.92 Å². The monoisotopic (exact) mass is 220 g/mol. The van der Waals surface area contributed by atoms with E-state index in [9.17, 15) is 0 Å². The third-order valence-electron chi connectivity index (χ3n) is 5.79. The molecule has 1 fully saturated rings. The SMILES string of the molecule is C[C@@H]1C[C@@]2(C)C3=C(CCCC3)CC[N@+]2(C)C1. The van der Waals surface area contributed by atoms with E-state index in [2.05, 4.69) is 20.9 Å². The Bertz CT molecular complexity index is 343. The predicted octanol–water partition coefficient (Wildman–Crippen LogP) is 3.51. The van der Waals surface area contributed by atoms with E-state index in [-0.39, 0.29) is 0 Å². The summed E-state index contributed by atoms with van der Waals surface area (Å²) in [5.74, 6) is 0.920. The lowest BCUT2D eigenvalue weighted by Gasteiger charge is -2.51. The van der Waals surface area contributed by atoms with Crippen LogP contribution in [0.5, 0.6) is 0 Å². The van der Waals surface area contributed by atoms with Gasteiger partial charge in [-0.1, -0.05) is 12.5 Å². The fourth-order valence-corrected chi connectivity index (χ4v) is 4.92. The van der Waals surface area contributed by atoms with E-state index in [4.69, 9.17) is 0 Å². The second-order valence-corrected chi connectivity index (χ2v) is 6.92. The zero-order valence-corrected chi connectivity index (χ0v) is 11.2. The highest BCUT2D eigenvalue weighted by molar-refractivity contribution is 5.29. The number of rotatable bonds is 0. The first kappa shape index (κ1) is 10.8. The molecule has 16 heavy (non-hydrogen) atoms. The zero-order chi connectivity index (χ0) is 11.4. The Hall–Kier alpha value is -0.300. The first-order chi connectivity index (χ1) is 7.55. The largest absolute Gasteiger partial charge is 0.317 e. The van der Waals surface area contributed by atoms with Crippen molar-refractivity contribution in [3.8, 4) is 0 Å². The first-order valence-electron chi connectivity index (χ1n) is 7.11. The molecule has 0 aromatic heterocycles. The molecule has 1 heteroatoms. The molecule has 1 aliphatic carbocycles. The highest BCUT2D eigenvalue weighted by atomic mass is 15.4. The van der Waals surface area contributed by atoms with Gasteiger partial charge in [0.25, 0.3) is 0 Å². The molecular formula is C15H26N+. The lowest BCUT2D eigenvalue weighted by molar-refractivity contribution is -0.941. The van der Waals surface area contributed by atoms with E-state index in [0.717, 1.165) is 5.92 Å². The Morgan fingerprint density at radius 2 is 1.94 bits per heavy atom. The van der Waals surface area contributed by atoms with Gasteiger partial charge in [0.05, 0.1) is 20.1 Å². The van der Waals surface area contributed by atoms with Crippen molar-refractivity contribution in [1.29, 1.82) is 0 Å². The van der Waals surface area contributed by atoms with Crippen LogP contribution in [0.4, 0.5) is 0 Å². The molecule has 2 heterocycles. The van der Waals surface area contributed by atoms with Crippen molar-refractivity contribution >= 4 is 0 Å². The molecule has 2 aliphatic heterocycles. The Balaban J connectivity index is 2.06. The Kier molecular flexibility index (Phi) is 2.27. The molecule has 0 aromatic carbocycles. The number of fused-ring (bicyclic) bond motifs is 2. The average molecular weight is 220 g/mol. The molecule has 90 valence electrons. The van der Waals surface area contributed by atoms with Gasteiger partial charge in [0.2, 0.25) is 0 Å². The molecular weight excluding hydrogens is 194 g/mol. The third kappa shape index (κ3) is 1.27. The van der Waals surface area contributed by atoms with Gasteiger partial charge in [0.15, 0.2) is 0 Å². The molecule has 3 aliphatic rings. The van der Waals surface area contributed by atoms with E-state index < -0.39 is 0 Å². The highest BCUT2D eigenvalue weighted by Crippen LogP contribution is 2.51. The Morgan fingerprint density at radius 3 is 2.75 bits per heavy atom. The van der Waals surface area contributed by atoms with Crippen molar-refractivity contribution in [1.82, 2.24) is 0 Å². The van der Waals surface area contributed by atoms with Gasteiger partial charge >= 0.3 is 0 Å². The summed E-state index contributed by atoms with van der Waals surface area (Å²) >= 11 is 0. The number of hydrogen-bond acceptors (Lipinski definition) is 0. The number of likely N-dealkylation sites (N-methyl/N-ethyl adjacent to an activating group) is 1. The maximum atomic E-state index is 2.57. The lowest BCUT2D eigenvalue weighted by Crippen LogP contribution is -2.60. The van der Waals surface area contributed by atoms with E-state index >= 15 is 0 Å². The maximum absolute atomic E-state index is 2.57. The normalized spacial score (nSPS) is 47.8. The van der Waals surface area contributed by atoms with Crippen LogP contribution in [0.2, 0.25) is 0 Å². The average Bonchev–Trinajstić information content (AvgIpc) is 2.49. The number of hydrogen-bond donors (Lipinski definition) is 0. The van der Waals surface area contributed by atoms with E-state index in [1.54, 1.807) is 0 Å². The van der Waals surface area contributed by atoms with Crippen LogP contribution in [0.15, 0.2) is 11.1 Å². The van der Waals surface area contributed by atoms with Crippen molar-refractivity contribution in [3.05, 3.63) is 11.1 Å². The summed E-state index contributed by atoms with van der Waals surface area (Å²) < 4.78 is 1.34. The van der Waals surface area contributed by atoms with Crippen LogP contribution in [0.1, 0.15) is 52.4 Å². The van der Waals surface area contributed by atoms with Crippen molar-refractivity contribution in [3.63, 3.8) is 0 Å². The highest BCUT2D eigenvalue weighted by Gasteiger charge is 2.56. The van der Waals surface area contributed by atoms with Gasteiger partial charge in [-0.25, -0.2) is 0 Å². The Morgan fingerprint density at radius 1 is 1.19 bits per heavy atom. The van der Waals surface area contributed by atoms with E-state index in [1.807, 2.05) is 11.1 Å². The first-order valence-corrected chi connectivity index (χ1v) is 7.11. The fourth-order valence-electron chi connectivity index (χ4n) is 4.92. The molecule has 0 spiro atoms. The van der Waals surface area contributed by atoms with Crippen LogP contribution >= 0.6 is 0 Å². The second kappa shape index (κ2) is 3.35. The number of nitrogens with zero attached hydrogens (tertiary/aromatic N) is 1. The van der Waals surface area contributed by atoms with Crippen LogP contribution < -0.4 is 0 Å². The maximum Gasteiger partial charge on any atom is 0.118 e. The van der Waals surface area contributed by atoms with Gasteiger partial charge in [-0.2, -0.15) is 0 Å². The predicted molar refractivity (Wildman–Crippen MR) is 68.2 cm³/mol.